The highest BCUT2D eigenvalue weighted by Crippen LogP contribution is 2.31. The van der Waals surface area contributed by atoms with Crippen LogP contribution >= 0.6 is 11.6 Å². The lowest BCUT2D eigenvalue weighted by Gasteiger charge is -2.18. The molecule has 0 spiro atoms. The Morgan fingerprint density at radius 1 is 1.29 bits per heavy atom. The number of benzene rings is 1. The van der Waals surface area contributed by atoms with E-state index in [1.165, 1.54) is 0 Å². The van der Waals surface area contributed by atoms with Gasteiger partial charge in [0.15, 0.2) is 11.5 Å². The first-order chi connectivity index (χ1) is 8.24. The van der Waals surface area contributed by atoms with Crippen LogP contribution in [0.4, 0.5) is 5.69 Å². The number of nitrogen functional groups attached to an aromatic ring is 1. The number of ether oxygens (including phenoxy) is 1. The maximum absolute atomic E-state index is 5.96. The summed E-state index contributed by atoms with van der Waals surface area (Å²) in [5.41, 5.74) is 7.73. The minimum atomic E-state index is 0.344. The standard InChI is InChI=1S/C12H13ClN2O2/c13-8-5-10-11(6-9(8)14)17-12(15-10)7-1-3-16-4-2-7/h5-7H,1-4,14H2. The number of anilines is 1. The average Bonchev–Trinajstić information content (AvgIpc) is 2.74. The third-order valence-electron chi connectivity index (χ3n) is 3.09. The summed E-state index contributed by atoms with van der Waals surface area (Å²) in [6, 6.07) is 3.48. The van der Waals surface area contributed by atoms with E-state index in [9.17, 15) is 0 Å². The van der Waals surface area contributed by atoms with E-state index >= 15 is 0 Å². The van der Waals surface area contributed by atoms with Gasteiger partial charge < -0.3 is 14.9 Å². The second-order valence-electron chi connectivity index (χ2n) is 4.28. The topological polar surface area (TPSA) is 61.3 Å². The Kier molecular flexibility index (Phi) is 2.68. The number of hydrogen-bond acceptors (Lipinski definition) is 4. The number of fused-ring (bicyclic) bond motifs is 1. The third-order valence-corrected chi connectivity index (χ3v) is 3.42. The Labute approximate surface area is 104 Å². The van der Waals surface area contributed by atoms with E-state index in [0.29, 0.717) is 22.2 Å². The fourth-order valence-electron chi connectivity index (χ4n) is 2.10. The molecule has 5 heteroatoms. The number of nitrogens with zero attached hydrogens (tertiary/aromatic N) is 1. The predicted octanol–water partition coefficient (Wildman–Crippen LogP) is 2.96. The molecule has 4 nitrogen and oxygen atoms in total. The number of hydrogen-bond donors (Lipinski definition) is 1. The summed E-state index contributed by atoms with van der Waals surface area (Å²) in [6.45, 7) is 1.54. The zero-order chi connectivity index (χ0) is 11.8. The Bertz CT molecular complexity index is 508. The van der Waals surface area contributed by atoms with Gasteiger partial charge in [0.1, 0.15) is 5.52 Å². The SMILES string of the molecule is Nc1cc2oc(C3CCOCC3)nc2cc1Cl. The van der Waals surface area contributed by atoms with Gasteiger partial charge in [-0.3, -0.25) is 0 Å². The van der Waals surface area contributed by atoms with Gasteiger partial charge in [-0.15, -0.1) is 0 Å². The quantitative estimate of drug-likeness (QED) is 0.793. The molecule has 0 atom stereocenters. The average molecular weight is 253 g/mol. The molecule has 1 saturated heterocycles. The molecule has 0 radical (unpaired) electrons. The number of oxazole rings is 1. The highest BCUT2D eigenvalue weighted by atomic mass is 35.5. The molecule has 2 heterocycles. The highest BCUT2D eigenvalue weighted by molar-refractivity contribution is 6.33. The van der Waals surface area contributed by atoms with Gasteiger partial charge in [0.05, 0.1) is 10.7 Å². The molecular formula is C12H13ClN2O2. The van der Waals surface area contributed by atoms with Crippen LogP contribution in [0.3, 0.4) is 0 Å². The van der Waals surface area contributed by atoms with Gasteiger partial charge in [0.2, 0.25) is 0 Å². The lowest BCUT2D eigenvalue weighted by Crippen LogP contribution is -2.14. The lowest BCUT2D eigenvalue weighted by molar-refractivity contribution is 0.0798. The number of rotatable bonds is 1. The van der Waals surface area contributed by atoms with Crippen molar-refractivity contribution < 1.29 is 9.15 Å². The largest absolute Gasteiger partial charge is 0.440 e. The smallest absolute Gasteiger partial charge is 0.198 e. The van der Waals surface area contributed by atoms with Crippen LogP contribution in [0.15, 0.2) is 16.5 Å². The highest BCUT2D eigenvalue weighted by Gasteiger charge is 2.21. The summed E-state index contributed by atoms with van der Waals surface area (Å²) in [5, 5.41) is 0.518. The van der Waals surface area contributed by atoms with Gasteiger partial charge in [0, 0.05) is 25.2 Å². The second kappa shape index (κ2) is 4.20. The molecule has 0 saturated carbocycles. The number of aromatic nitrogens is 1. The normalized spacial score (nSPS) is 17.7. The van der Waals surface area contributed by atoms with E-state index in [4.69, 9.17) is 26.5 Å². The van der Waals surface area contributed by atoms with Crippen LogP contribution in [0.25, 0.3) is 11.1 Å². The van der Waals surface area contributed by atoms with E-state index in [0.717, 1.165) is 37.5 Å². The fraction of sp³-hybridized carbons (Fsp3) is 0.417. The molecule has 1 aromatic heterocycles. The van der Waals surface area contributed by atoms with Gasteiger partial charge in [0.25, 0.3) is 0 Å². The van der Waals surface area contributed by atoms with Gasteiger partial charge in [-0.2, -0.15) is 0 Å². The van der Waals surface area contributed by atoms with E-state index < -0.39 is 0 Å². The van der Waals surface area contributed by atoms with Gasteiger partial charge in [-0.05, 0) is 18.9 Å². The molecule has 1 aromatic carbocycles. The number of halogens is 1. The minimum Gasteiger partial charge on any atom is -0.440 e. The first kappa shape index (κ1) is 10.9. The van der Waals surface area contributed by atoms with Crippen molar-refractivity contribution in [1.29, 1.82) is 0 Å². The first-order valence-electron chi connectivity index (χ1n) is 5.67. The van der Waals surface area contributed by atoms with Crippen molar-refractivity contribution in [3.63, 3.8) is 0 Å². The molecule has 3 rings (SSSR count). The monoisotopic (exact) mass is 252 g/mol. The minimum absolute atomic E-state index is 0.344. The molecule has 1 aliphatic rings. The van der Waals surface area contributed by atoms with E-state index in [1.54, 1.807) is 12.1 Å². The van der Waals surface area contributed by atoms with Crippen molar-refractivity contribution in [3.8, 4) is 0 Å². The van der Waals surface area contributed by atoms with Gasteiger partial charge in [-0.25, -0.2) is 4.98 Å². The van der Waals surface area contributed by atoms with E-state index in [1.807, 2.05) is 0 Å². The molecular weight excluding hydrogens is 240 g/mol. The zero-order valence-corrected chi connectivity index (χ0v) is 10.0. The van der Waals surface area contributed by atoms with Crippen LogP contribution in [0.2, 0.25) is 5.02 Å². The fourth-order valence-corrected chi connectivity index (χ4v) is 2.26. The van der Waals surface area contributed by atoms with Crippen molar-refractivity contribution in [2.45, 2.75) is 18.8 Å². The third kappa shape index (κ3) is 1.98. The van der Waals surface area contributed by atoms with Gasteiger partial charge >= 0.3 is 0 Å². The van der Waals surface area contributed by atoms with E-state index in [2.05, 4.69) is 4.98 Å². The summed E-state index contributed by atoms with van der Waals surface area (Å²) in [7, 11) is 0. The number of nitrogens with two attached hydrogens (primary N) is 1. The van der Waals surface area contributed by atoms with Gasteiger partial charge in [-0.1, -0.05) is 11.6 Å². The Balaban J connectivity index is 2.00. The molecule has 1 aliphatic heterocycles. The molecule has 2 aromatic rings. The summed E-state index contributed by atoms with van der Waals surface area (Å²) in [5.74, 6) is 1.11. The van der Waals surface area contributed by atoms with Crippen molar-refractivity contribution in [1.82, 2.24) is 4.98 Å². The zero-order valence-electron chi connectivity index (χ0n) is 9.28. The van der Waals surface area contributed by atoms with Crippen LogP contribution in [0.1, 0.15) is 24.7 Å². The summed E-state index contributed by atoms with van der Waals surface area (Å²) < 4.78 is 11.1. The maximum Gasteiger partial charge on any atom is 0.198 e. The van der Waals surface area contributed by atoms with Crippen LogP contribution in [0, 0.1) is 0 Å². The first-order valence-corrected chi connectivity index (χ1v) is 6.05. The molecule has 0 aliphatic carbocycles. The van der Waals surface area contributed by atoms with Crippen molar-refractivity contribution in [2.24, 2.45) is 0 Å². The summed E-state index contributed by atoms with van der Waals surface area (Å²) in [6.07, 6.45) is 1.91. The van der Waals surface area contributed by atoms with Crippen LogP contribution in [-0.4, -0.2) is 18.2 Å². The Morgan fingerprint density at radius 3 is 2.82 bits per heavy atom. The molecule has 17 heavy (non-hydrogen) atoms. The molecule has 0 unspecified atom stereocenters. The van der Waals surface area contributed by atoms with Crippen molar-refractivity contribution in [2.75, 3.05) is 18.9 Å². The Hall–Kier alpha value is -1.26. The predicted molar refractivity (Wildman–Crippen MR) is 66.2 cm³/mol. The maximum atomic E-state index is 5.96. The second-order valence-corrected chi connectivity index (χ2v) is 4.69. The summed E-state index contributed by atoms with van der Waals surface area (Å²) >= 11 is 5.96. The molecule has 0 amide bonds. The van der Waals surface area contributed by atoms with Crippen LogP contribution < -0.4 is 5.73 Å². The van der Waals surface area contributed by atoms with Crippen LogP contribution in [0.5, 0.6) is 0 Å². The lowest BCUT2D eigenvalue weighted by atomic mass is 10.0. The van der Waals surface area contributed by atoms with E-state index in [-0.39, 0.29) is 0 Å². The Morgan fingerprint density at radius 2 is 2.06 bits per heavy atom. The van der Waals surface area contributed by atoms with Crippen molar-refractivity contribution in [3.05, 3.63) is 23.0 Å². The van der Waals surface area contributed by atoms with Crippen molar-refractivity contribution >= 4 is 28.4 Å². The molecule has 2 N–H and O–H groups in total. The molecule has 90 valence electrons. The molecule has 0 bridgehead atoms. The molecule has 1 fully saturated rings. The summed E-state index contributed by atoms with van der Waals surface area (Å²) in [4.78, 5) is 4.48. The van der Waals surface area contributed by atoms with Crippen LogP contribution in [-0.2, 0) is 4.74 Å².